The lowest BCUT2D eigenvalue weighted by Gasteiger charge is -2.14. The van der Waals surface area contributed by atoms with E-state index in [1.54, 1.807) is 30.3 Å². The summed E-state index contributed by atoms with van der Waals surface area (Å²) in [6.07, 6.45) is 0. The first kappa shape index (κ1) is 15.1. The van der Waals surface area contributed by atoms with Crippen LogP contribution in [0.15, 0.2) is 36.4 Å². The highest BCUT2D eigenvalue weighted by Gasteiger charge is 2.10. The van der Waals surface area contributed by atoms with Gasteiger partial charge in [-0.3, -0.25) is 0 Å². The van der Waals surface area contributed by atoms with E-state index in [-0.39, 0.29) is 12.6 Å². The lowest BCUT2D eigenvalue weighted by Crippen LogP contribution is -2.08. The Bertz CT molecular complexity index is 617. The quantitative estimate of drug-likeness (QED) is 0.885. The van der Waals surface area contributed by atoms with Crippen molar-refractivity contribution in [2.75, 3.05) is 0 Å². The molecule has 0 aliphatic carbocycles. The van der Waals surface area contributed by atoms with Gasteiger partial charge in [0.2, 0.25) is 0 Å². The minimum absolute atomic E-state index is 0.102. The van der Waals surface area contributed by atoms with Crippen molar-refractivity contribution >= 4 is 23.2 Å². The summed E-state index contributed by atoms with van der Waals surface area (Å²) in [4.78, 5) is 0. The van der Waals surface area contributed by atoms with Crippen molar-refractivity contribution in [1.82, 2.24) is 0 Å². The zero-order valence-electron chi connectivity index (χ0n) is 10.9. The van der Waals surface area contributed by atoms with E-state index in [1.165, 1.54) is 6.07 Å². The fourth-order valence-corrected chi connectivity index (χ4v) is 2.14. The van der Waals surface area contributed by atoms with E-state index in [0.717, 1.165) is 5.56 Å². The maximum absolute atomic E-state index is 13.7. The molecule has 0 bridgehead atoms. The number of hydrogen-bond donors (Lipinski definition) is 1. The molecule has 2 rings (SSSR count). The van der Waals surface area contributed by atoms with E-state index in [4.69, 9.17) is 33.7 Å². The topological polar surface area (TPSA) is 35.2 Å². The van der Waals surface area contributed by atoms with E-state index in [0.29, 0.717) is 21.4 Å². The van der Waals surface area contributed by atoms with Gasteiger partial charge in [-0.2, -0.15) is 0 Å². The van der Waals surface area contributed by atoms with Gasteiger partial charge in [-0.15, -0.1) is 0 Å². The predicted octanol–water partition coefficient (Wildman–Crippen LogP) is 4.73. The molecule has 2 nitrogen and oxygen atoms in total. The second-order valence-electron chi connectivity index (χ2n) is 4.50. The second kappa shape index (κ2) is 6.44. The molecule has 1 unspecified atom stereocenters. The van der Waals surface area contributed by atoms with Gasteiger partial charge in [0.25, 0.3) is 0 Å². The van der Waals surface area contributed by atoms with Crippen molar-refractivity contribution < 1.29 is 9.13 Å². The van der Waals surface area contributed by atoms with Crippen LogP contribution in [-0.4, -0.2) is 0 Å². The van der Waals surface area contributed by atoms with E-state index in [2.05, 4.69) is 0 Å². The minimum atomic E-state index is -0.395. The van der Waals surface area contributed by atoms with Gasteiger partial charge in [0, 0.05) is 27.2 Å². The van der Waals surface area contributed by atoms with Gasteiger partial charge < -0.3 is 10.5 Å². The van der Waals surface area contributed by atoms with E-state index in [1.807, 2.05) is 6.92 Å². The van der Waals surface area contributed by atoms with Gasteiger partial charge in [-0.05, 0) is 37.3 Å². The third-order valence-corrected chi connectivity index (χ3v) is 3.33. The van der Waals surface area contributed by atoms with Crippen LogP contribution in [0.2, 0.25) is 10.0 Å². The van der Waals surface area contributed by atoms with Crippen LogP contribution in [0.4, 0.5) is 4.39 Å². The number of halogens is 3. The summed E-state index contributed by atoms with van der Waals surface area (Å²) in [6.45, 7) is 1.94. The Morgan fingerprint density at radius 3 is 2.45 bits per heavy atom. The monoisotopic (exact) mass is 313 g/mol. The molecule has 0 radical (unpaired) electrons. The molecule has 0 heterocycles. The Morgan fingerprint density at radius 1 is 1.15 bits per heavy atom. The second-order valence-corrected chi connectivity index (χ2v) is 5.37. The lowest BCUT2D eigenvalue weighted by molar-refractivity contribution is 0.295. The molecule has 0 aliphatic rings. The van der Waals surface area contributed by atoms with Crippen molar-refractivity contribution in [2.45, 2.75) is 19.6 Å². The van der Waals surface area contributed by atoms with Crippen molar-refractivity contribution in [2.24, 2.45) is 5.73 Å². The van der Waals surface area contributed by atoms with E-state index >= 15 is 0 Å². The SMILES string of the molecule is CC(N)c1cc(Cl)ccc1OCc1ccc(Cl)cc1F. The average molecular weight is 314 g/mol. The van der Waals surface area contributed by atoms with E-state index < -0.39 is 5.82 Å². The van der Waals surface area contributed by atoms with Crippen LogP contribution in [0.5, 0.6) is 5.75 Å². The molecular formula is C15H14Cl2FNO. The Morgan fingerprint density at radius 2 is 1.80 bits per heavy atom. The molecule has 0 amide bonds. The standard InChI is InChI=1S/C15H14Cl2FNO/c1-9(19)13-6-11(16)4-5-15(13)20-8-10-2-3-12(17)7-14(10)18/h2-7,9H,8,19H2,1H3. The van der Waals surface area contributed by atoms with Crippen molar-refractivity contribution in [3.63, 3.8) is 0 Å². The Kier molecular flexibility index (Phi) is 4.86. The summed E-state index contributed by atoms with van der Waals surface area (Å²) in [5.74, 6) is 0.201. The number of rotatable bonds is 4. The number of benzene rings is 2. The maximum Gasteiger partial charge on any atom is 0.131 e. The third-order valence-electron chi connectivity index (χ3n) is 2.86. The van der Waals surface area contributed by atoms with Crippen LogP contribution in [0.25, 0.3) is 0 Å². The van der Waals surface area contributed by atoms with Gasteiger partial charge in [-0.25, -0.2) is 4.39 Å². The largest absolute Gasteiger partial charge is 0.488 e. The molecule has 106 valence electrons. The molecule has 0 fully saturated rings. The molecular weight excluding hydrogens is 300 g/mol. The highest BCUT2D eigenvalue weighted by Crippen LogP contribution is 2.28. The van der Waals surface area contributed by atoms with Gasteiger partial charge in [0.15, 0.2) is 0 Å². The zero-order valence-corrected chi connectivity index (χ0v) is 12.4. The third kappa shape index (κ3) is 3.63. The molecule has 2 aromatic rings. The van der Waals surface area contributed by atoms with Gasteiger partial charge in [0.05, 0.1) is 0 Å². The van der Waals surface area contributed by atoms with Crippen molar-refractivity contribution in [3.05, 3.63) is 63.4 Å². The molecule has 0 aliphatic heterocycles. The molecule has 5 heteroatoms. The Balaban J connectivity index is 2.18. The maximum atomic E-state index is 13.7. The minimum Gasteiger partial charge on any atom is -0.488 e. The Hall–Kier alpha value is -1.29. The number of hydrogen-bond acceptors (Lipinski definition) is 2. The summed E-state index contributed by atoms with van der Waals surface area (Å²) in [5, 5.41) is 0.941. The molecule has 1 atom stereocenters. The van der Waals surface area contributed by atoms with Crippen molar-refractivity contribution in [1.29, 1.82) is 0 Å². The predicted molar refractivity (Wildman–Crippen MR) is 79.8 cm³/mol. The molecule has 0 spiro atoms. The summed E-state index contributed by atoms with van der Waals surface area (Å²) in [5.41, 5.74) is 7.09. The summed E-state index contributed by atoms with van der Waals surface area (Å²) < 4.78 is 19.3. The first-order valence-electron chi connectivity index (χ1n) is 6.09. The van der Waals surface area contributed by atoms with Crippen LogP contribution in [0.3, 0.4) is 0 Å². The van der Waals surface area contributed by atoms with Gasteiger partial charge in [-0.1, -0.05) is 29.3 Å². The summed E-state index contributed by atoms with van der Waals surface area (Å²) in [6, 6.07) is 9.44. The fraction of sp³-hybridized carbons (Fsp3) is 0.200. The Labute approximate surface area is 127 Å². The molecule has 2 N–H and O–H groups in total. The molecule has 2 aromatic carbocycles. The number of nitrogens with two attached hydrogens (primary N) is 1. The molecule has 0 saturated carbocycles. The van der Waals surface area contributed by atoms with Crippen LogP contribution >= 0.6 is 23.2 Å². The van der Waals surface area contributed by atoms with Crippen LogP contribution < -0.4 is 10.5 Å². The summed E-state index contributed by atoms with van der Waals surface area (Å²) in [7, 11) is 0. The zero-order chi connectivity index (χ0) is 14.7. The van der Waals surface area contributed by atoms with Crippen molar-refractivity contribution in [3.8, 4) is 5.75 Å². The molecule has 0 saturated heterocycles. The first-order chi connectivity index (χ1) is 9.47. The average Bonchev–Trinajstić information content (AvgIpc) is 2.38. The highest BCUT2D eigenvalue weighted by atomic mass is 35.5. The highest BCUT2D eigenvalue weighted by molar-refractivity contribution is 6.30. The van der Waals surface area contributed by atoms with Crippen LogP contribution in [0, 0.1) is 5.82 Å². The number of ether oxygens (including phenoxy) is 1. The smallest absolute Gasteiger partial charge is 0.131 e. The normalized spacial score (nSPS) is 12.2. The van der Waals surface area contributed by atoms with Crippen LogP contribution in [-0.2, 0) is 6.61 Å². The van der Waals surface area contributed by atoms with Gasteiger partial charge >= 0.3 is 0 Å². The van der Waals surface area contributed by atoms with Gasteiger partial charge in [0.1, 0.15) is 18.2 Å². The fourth-order valence-electron chi connectivity index (χ4n) is 1.80. The van der Waals surface area contributed by atoms with Crippen LogP contribution in [0.1, 0.15) is 24.1 Å². The van der Waals surface area contributed by atoms with E-state index in [9.17, 15) is 4.39 Å². The lowest BCUT2D eigenvalue weighted by atomic mass is 10.1. The molecule has 20 heavy (non-hydrogen) atoms. The molecule has 0 aromatic heterocycles. The summed E-state index contributed by atoms with van der Waals surface area (Å²) >= 11 is 11.6. The first-order valence-corrected chi connectivity index (χ1v) is 6.84.